The molecule has 0 saturated carbocycles. The summed E-state index contributed by atoms with van der Waals surface area (Å²) in [5.74, 6) is -2.12. The molecule has 7 nitrogen and oxygen atoms in total. The number of ether oxygens (including phenoxy) is 1. The normalized spacial score (nSPS) is 21.0. The van der Waals surface area contributed by atoms with Gasteiger partial charge in [0.25, 0.3) is 5.91 Å². The maximum absolute atomic E-state index is 14.1. The maximum atomic E-state index is 14.1. The van der Waals surface area contributed by atoms with Crippen LogP contribution in [-0.2, 0) is 30.8 Å². The van der Waals surface area contributed by atoms with Crippen LogP contribution in [0, 0.1) is 5.82 Å². The number of esters is 1. The standard InChI is InChI=1S/C23H25FN2O5S/c24-18-10-3-4-13-21(18)32(29,30)26-14-6-12-20(26)23(28)31-15-22(27)25-19-11-5-8-16-7-1-2-9-17(16)19/h1-4,7,9-10,13,19-20H,5-6,8,11-12,14-15H2,(H,25,27)/t19?,20-/m0/s1. The van der Waals surface area contributed by atoms with E-state index in [0.717, 1.165) is 35.2 Å². The lowest BCUT2D eigenvalue weighted by Crippen LogP contribution is -2.43. The Balaban J connectivity index is 1.38. The summed E-state index contributed by atoms with van der Waals surface area (Å²) in [5.41, 5.74) is 2.26. The first kappa shape index (κ1) is 22.4. The molecule has 1 aliphatic heterocycles. The largest absolute Gasteiger partial charge is 0.454 e. The van der Waals surface area contributed by atoms with Crippen LogP contribution in [0.5, 0.6) is 0 Å². The summed E-state index contributed by atoms with van der Waals surface area (Å²) >= 11 is 0. The van der Waals surface area contributed by atoms with Gasteiger partial charge in [0.15, 0.2) is 6.61 Å². The van der Waals surface area contributed by atoms with Crippen LogP contribution in [0.2, 0.25) is 0 Å². The van der Waals surface area contributed by atoms with Gasteiger partial charge in [-0.2, -0.15) is 4.31 Å². The van der Waals surface area contributed by atoms with Gasteiger partial charge in [-0.3, -0.25) is 9.59 Å². The molecule has 0 bridgehead atoms. The van der Waals surface area contributed by atoms with Gasteiger partial charge in [0.2, 0.25) is 10.0 Å². The number of hydrogen-bond donors (Lipinski definition) is 1. The number of amides is 1. The Hall–Kier alpha value is -2.78. The predicted molar refractivity (Wildman–Crippen MR) is 115 cm³/mol. The Morgan fingerprint density at radius 2 is 1.81 bits per heavy atom. The van der Waals surface area contributed by atoms with Crippen molar-refractivity contribution in [1.82, 2.24) is 9.62 Å². The first-order valence-electron chi connectivity index (χ1n) is 10.7. The average molecular weight is 461 g/mol. The van der Waals surface area contributed by atoms with Crippen molar-refractivity contribution in [3.8, 4) is 0 Å². The molecule has 1 N–H and O–H groups in total. The summed E-state index contributed by atoms with van der Waals surface area (Å²) in [6, 6.07) is 11.7. The summed E-state index contributed by atoms with van der Waals surface area (Å²) < 4.78 is 46.0. The highest BCUT2D eigenvalue weighted by molar-refractivity contribution is 7.89. The van der Waals surface area contributed by atoms with E-state index < -0.39 is 45.3 Å². The van der Waals surface area contributed by atoms with E-state index in [1.165, 1.54) is 23.8 Å². The molecule has 1 unspecified atom stereocenters. The van der Waals surface area contributed by atoms with E-state index in [0.29, 0.717) is 6.42 Å². The SMILES string of the molecule is O=C(COC(=O)[C@@H]1CCCN1S(=O)(=O)c1ccccc1F)NC1CCCc2ccccc21. The Labute approximate surface area is 186 Å². The van der Waals surface area contributed by atoms with Gasteiger partial charge < -0.3 is 10.1 Å². The smallest absolute Gasteiger partial charge is 0.324 e. The van der Waals surface area contributed by atoms with Crippen LogP contribution < -0.4 is 5.32 Å². The molecule has 4 rings (SSSR count). The molecule has 1 saturated heterocycles. The van der Waals surface area contributed by atoms with Crippen molar-refractivity contribution in [2.24, 2.45) is 0 Å². The molecule has 1 heterocycles. The third-order valence-electron chi connectivity index (χ3n) is 5.95. The van der Waals surface area contributed by atoms with Crippen molar-refractivity contribution in [2.75, 3.05) is 13.2 Å². The number of nitrogens with one attached hydrogen (secondary N) is 1. The van der Waals surface area contributed by atoms with Gasteiger partial charge in [0.05, 0.1) is 6.04 Å². The third-order valence-corrected chi connectivity index (χ3v) is 7.89. The lowest BCUT2D eigenvalue weighted by molar-refractivity contribution is -0.151. The van der Waals surface area contributed by atoms with E-state index >= 15 is 0 Å². The molecule has 2 aromatic rings. The number of aryl methyl sites for hydroxylation is 1. The Morgan fingerprint density at radius 1 is 1.06 bits per heavy atom. The number of carbonyl (C=O) groups excluding carboxylic acids is 2. The molecule has 0 radical (unpaired) electrons. The number of nitrogens with zero attached hydrogens (tertiary/aromatic N) is 1. The van der Waals surface area contributed by atoms with E-state index in [1.54, 1.807) is 0 Å². The highest BCUT2D eigenvalue weighted by atomic mass is 32.2. The van der Waals surface area contributed by atoms with Crippen molar-refractivity contribution in [3.63, 3.8) is 0 Å². The zero-order chi connectivity index (χ0) is 22.7. The van der Waals surface area contributed by atoms with Crippen LogP contribution in [-0.4, -0.2) is 43.8 Å². The van der Waals surface area contributed by atoms with Crippen LogP contribution in [0.4, 0.5) is 4.39 Å². The zero-order valence-electron chi connectivity index (χ0n) is 17.5. The summed E-state index contributed by atoms with van der Waals surface area (Å²) in [7, 11) is -4.20. The molecule has 170 valence electrons. The number of sulfonamides is 1. The van der Waals surface area contributed by atoms with E-state index in [4.69, 9.17) is 4.74 Å². The van der Waals surface area contributed by atoms with Gasteiger partial charge in [0, 0.05) is 6.54 Å². The minimum absolute atomic E-state index is 0.0848. The summed E-state index contributed by atoms with van der Waals surface area (Å²) in [5, 5.41) is 2.90. The maximum Gasteiger partial charge on any atom is 0.324 e. The van der Waals surface area contributed by atoms with Crippen molar-refractivity contribution < 1.29 is 27.1 Å². The molecule has 0 spiro atoms. The molecule has 9 heteroatoms. The van der Waals surface area contributed by atoms with Crippen molar-refractivity contribution >= 4 is 21.9 Å². The molecule has 1 fully saturated rings. The lowest BCUT2D eigenvalue weighted by atomic mass is 9.88. The molecule has 32 heavy (non-hydrogen) atoms. The van der Waals surface area contributed by atoms with Crippen LogP contribution in [0.3, 0.4) is 0 Å². The van der Waals surface area contributed by atoms with Gasteiger partial charge in [-0.1, -0.05) is 36.4 Å². The van der Waals surface area contributed by atoms with Crippen LogP contribution >= 0.6 is 0 Å². The Morgan fingerprint density at radius 3 is 2.62 bits per heavy atom. The number of halogens is 1. The quantitative estimate of drug-likeness (QED) is 0.669. The summed E-state index contributed by atoms with van der Waals surface area (Å²) in [4.78, 5) is 24.5. The average Bonchev–Trinajstić information content (AvgIpc) is 3.29. The van der Waals surface area contributed by atoms with Crippen molar-refractivity contribution in [2.45, 2.75) is 49.1 Å². The molecule has 2 aliphatic rings. The van der Waals surface area contributed by atoms with Crippen LogP contribution in [0.25, 0.3) is 0 Å². The second kappa shape index (κ2) is 9.38. The fraction of sp³-hybridized carbons (Fsp3) is 0.391. The first-order valence-corrected chi connectivity index (χ1v) is 12.1. The topological polar surface area (TPSA) is 92.8 Å². The van der Waals surface area contributed by atoms with Crippen LogP contribution in [0.1, 0.15) is 42.9 Å². The van der Waals surface area contributed by atoms with Crippen molar-refractivity contribution in [1.29, 1.82) is 0 Å². The number of rotatable bonds is 6. The van der Waals surface area contributed by atoms with Gasteiger partial charge in [0.1, 0.15) is 16.8 Å². The number of carbonyl (C=O) groups is 2. The van der Waals surface area contributed by atoms with Gasteiger partial charge >= 0.3 is 5.97 Å². The minimum atomic E-state index is -4.20. The fourth-order valence-corrected chi connectivity index (χ4v) is 6.13. The van der Waals surface area contributed by atoms with E-state index in [2.05, 4.69) is 5.32 Å². The summed E-state index contributed by atoms with van der Waals surface area (Å²) in [6.07, 6.45) is 3.41. The van der Waals surface area contributed by atoms with Crippen LogP contribution in [0.15, 0.2) is 53.4 Å². The second-order valence-corrected chi connectivity index (χ2v) is 9.88. The van der Waals surface area contributed by atoms with Gasteiger partial charge in [-0.25, -0.2) is 12.8 Å². The van der Waals surface area contributed by atoms with Gasteiger partial charge in [-0.15, -0.1) is 0 Å². The van der Waals surface area contributed by atoms with E-state index in [9.17, 15) is 22.4 Å². The lowest BCUT2D eigenvalue weighted by Gasteiger charge is -2.26. The highest BCUT2D eigenvalue weighted by Crippen LogP contribution is 2.30. The highest BCUT2D eigenvalue weighted by Gasteiger charge is 2.41. The zero-order valence-corrected chi connectivity index (χ0v) is 18.3. The molecule has 1 amide bonds. The van der Waals surface area contributed by atoms with E-state index in [1.807, 2.05) is 24.3 Å². The predicted octanol–water partition coefficient (Wildman–Crippen LogP) is 2.72. The molecule has 1 aliphatic carbocycles. The number of fused-ring (bicyclic) bond motifs is 1. The number of benzene rings is 2. The molecule has 2 aromatic carbocycles. The Kier molecular flexibility index (Phi) is 6.57. The minimum Gasteiger partial charge on any atom is -0.454 e. The third kappa shape index (κ3) is 4.54. The van der Waals surface area contributed by atoms with Crippen molar-refractivity contribution in [3.05, 3.63) is 65.5 Å². The summed E-state index contributed by atoms with van der Waals surface area (Å²) in [6.45, 7) is -0.414. The van der Waals surface area contributed by atoms with E-state index in [-0.39, 0.29) is 19.0 Å². The Bertz CT molecular complexity index is 1120. The first-order chi connectivity index (χ1) is 15.4. The number of hydrogen-bond acceptors (Lipinski definition) is 5. The molecular weight excluding hydrogens is 435 g/mol. The molecule has 2 atom stereocenters. The molecular formula is C23H25FN2O5S. The fourth-order valence-electron chi connectivity index (χ4n) is 4.42. The molecule has 0 aromatic heterocycles. The van der Waals surface area contributed by atoms with Gasteiger partial charge in [-0.05, 0) is 55.4 Å². The monoisotopic (exact) mass is 460 g/mol. The second-order valence-electron chi connectivity index (χ2n) is 8.02.